The van der Waals surface area contributed by atoms with E-state index in [-0.39, 0.29) is 5.78 Å². The molecule has 0 saturated heterocycles. The maximum absolute atomic E-state index is 12.0. The number of ether oxygens (including phenoxy) is 2. The number of Topliss-reactive ketones (excluding diaryl/α,β-unsaturated/α-hetero) is 1. The van der Waals surface area contributed by atoms with Gasteiger partial charge in [-0.25, -0.2) is 0 Å². The molecule has 1 aliphatic carbocycles. The second kappa shape index (κ2) is 4.30. The molecular weight excluding hydrogens is 228 g/mol. The van der Waals surface area contributed by atoms with Crippen molar-refractivity contribution in [3.05, 3.63) is 23.3 Å². The van der Waals surface area contributed by atoms with Crippen LogP contribution in [0, 0.1) is 5.92 Å². The van der Waals surface area contributed by atoms with Crippen LogP contribution < -0.4 is 9.47 Å². The lowest BCUT2D eigenvalue weighted by Gasteiger charge is -2.22. The van der Waals surface area contributed by atoms with Gasteiger partial charge in [-0.1, -0.05) is 13.8 Å². The fourth-order valence-electron chi connectivity index (χ4n) is 2.60. The standard InChI is InChI=1S/C15H18O3/c1-9-7-17-14-5-11-10(2)3-4-13(16)12(11)6-15(14)18-8-9/h5-6,9-10H,3-4,7-8H2,1-2H3. The molecule has 2 unspecified atom stereocenters. The Morgan fingerprint density at radius 2 is 1.78 bits per heavy atom. The van der Waals surface area contributed by atoms with E-state index in [0.717, 1.165) is 29.0 Å². The van der Waals surface area contributed by atoms with Crippen molar-refractivity contribution in [2.45, 2.75) is 32.6 Å². The number of hydrogen-bond acceptors (Lipinski definition) is 3. The van der Waals surface area contributed by atoms with Gasteiger partial charge in [0.05, 0.1) is 13.2 Å². The zero-order valence-corrected chi connectivity index (χ0v) is 10.9. The predicted molar refractivity (Wildman–Crippen MR) is 68.6 cm³/mol. The highest BCUT2D eigenvalue weighted by molar-refractivity contribution is 5.99. The Labute approximate surface area is 107 Å². The molecule has 2 aliphatic rings. The van der Waals surface area contributed by atoms with Gasteiger partial charge in [-0.15, -0.1) is 0 Å². The van der Waals surface area contributed by atoms with E-state index in [1.54, 1.807) is 0 Å². The number of hydrogen-bond donors (Lipinski definition) is 0. The number of benzene rings is 1. The molecule has 96 valence electrons. The zero-order chi connectivity index (χ0) is 12.7. The summed E-state index contributed by atoms with van der Waals surface area (Å²) in [7, 11) is 0. The molecule has 1 aromatic carbocycles. The molecule has 3 rings (SSSR count). The monoisotopic (exact) mass is 246 g/mol. The Kier molecular flexibility index (Phi) is 2.77. The summed E-state index contributed by atoms with van der Waals surface area (Å²) < 4.78 is 11.5. The lowest BCUT2D eigenvalue weighted by atomic mass is 9.83. The van der Waals surface area contributed by atoms with Crippen LogP contribution in [-0.2, 0) is 0 Å². The third-order valence-corrected chi connectivity index (χ3v) is 3.80. The van der Waals surface area contributed by atoms with Crippen LogP contribution in [-0.4, -0.2) is 19.0 Å². The minimum atomic E-state index is 0.229. The van der Waals surface area contributed by atoms with Crippen LogP contribution >= 0.6 is 0 Å². The number of carbonyl (C=O) groups excluding carboxylic acids is 1. The summed E-state index contributed by atoms with van der Waals surface area (Å²) in [4.78, 5) is 12.0. The quantitative estimate of drug-likeness (QED) is 0.705. The van der Waals surface area contributed by atoms with Gasteiger partial charge in [0.25, 0.3) is 0 Å². The van der Waals surface area contributed by atoms with Gasteiger partial charge in [-0.05, 0) is 30.0 Å². The van der Waals surface area contributed by atoms with E-state index >= 15 is 0 Å². The van der Waals surface area contributed by atoms with Gasteiger partial charge in [0.1, 0.15) is 0 Å². The highest BCUT2D eigenvalue weighted by Crippen LogP contribution is 2.40. The molecule has 0 spiro atoms. The average molecular weight is 246 g/mol. The Bertz CT molecular complexity index is 493. The van der Waals surface area contributed by atoms with Gasteiger partial charge < -0.3 is 9.47 Å². The Balaban J connectivity index is 2.06. The summed E-state index contributed by atoms with van der Waals surface area (Å²) in [5.74, 6) is 2.54. The van der Waals surface area contributed by atoms with E-state index in [4.69, 9.17) is 9.47 Å². The molecule has 0 saturated carbocycles. The smallest absolute Gasteiger partial charge is 0.163 e. The Hall–Kier alpha value is -1.51. The lowest BCUT2D eigenvalue weighted by molar-refractivity contribution is 0.0967. The normalized spacial score (nSPS) is 26.4. The first-order chi connectivity index (χ1) is 8.65. The second-order valence-corrected chi connectivity index (χ2v) is 5.48. The van der Waals surface area contributed by atoms with E-state index in [1.165, 1.54) is 0 Å². The number of rotatable bonds is 0. The summed E-state index contributed by atoms with van der Waals surface area (Å²) in [5, 5.41) is 0. The van der Waals surface area contributed by atoms with Gasteiger partial charge in [0.2, 0.25) is 0 Å². The van der Waals surface area contributed by atoms with Crippen molar-refractivity contribution in [1.82, 2.24) is 0 Å². The maximum Gasteiger partial charge on any atom is 0.163 e. The van der Waals surface area contributed by atoms with Gasteiger partial charge in [-0.3, -0.25) is 4.79 Å². The van der Waals surface area contributed by atoms with Gasteiger partial charge in [-0.2, -0.15) is 0 Å². The van der Waals surface area contributed by atoms with Crippen LogP contribution in [0.15, 0.2) is 12.1 Å². The molecule has 0 bridgehead atoms. The van der Waals surface area contributed by atoms with Crippen LogP contribution in [0.1, 0.15) is 48.5 Å². The highest BCUT2D eigenvalue weighted by atomic mass is 16.5. The first-order valence-corrected chi connectivity index (χ1v) is 6.62. The van der Waals surface area contributed by atoms with Gasteiger partial charge in [0.15, 0.2) is 17.3 Å². The molecule has 0 N–H and O–H groups in total. The molecule has 0 fully saturated rings. The van der Waals surface area contributed by atoms with Crippen LogP contribution in [0.2, 0.25) is 0 Å². The van der Waals surface area contributed by atoms with Crippen LogP contribution in [0.4, 0.5) is 0 Å². The summed E-state index contributed by atoms with van der Waals surface area (Å²) in [6.07, 6.45) is 1.58. The maximum atomic E-state index is 12.0. The number of carbonyl (C=O) groups is 1. The number of ketones is 1. The molecule has 0 radical (unpaired) electrons. The highest BCUT2D eigenvalue weighted by Gasteiger charge is 2.26. The molecule has 3 heteroatoms. The molecule has 2 atom stereocenters. The van der Waals surface area contributed by atoms with Crippen molar-refractivity contribution >= 4 is 5.78 Å². The minimum Gasteiger partial charge on any atom is -0.489 e. The van der Waals surface area contributed by atoms with E-state index in [1.807, 2.05) is 12.1 Å². The molecular formula is C15H18O3. The van der Waals surface area contributed by atoms with Gasteiger partial charge in [0, 0.05) is 17.9 Å². The zero-order valence-electron chi connectivity index (χ0n) is 10.9. The topological polar surface area (TPSA) is 35.5 Å². The fraction of sp³-hybridized carbons (Fsp3) is 0.533. The minimum absolute atomic E-state index is 0.229. The molecule has 1 aliphatic heterocycles. The van der Waals surface area contributed by atoms with E-state index in [9.17, 15) is 4.79 Å². The van der Waals surface area contributed by atoms with Crippen molar-refractivity contribution < 1.29 is 14.3 Å². The van der Waals surface area contributed by atoms with Gasteiger partial charge >= 0.3 is 0 Å². The summed E-state index contributed by atoms with van der Waals surface area (Å²) in [6.45, 7) is 5.58. The van der Waals surface area contributed by atoms with Crippen molar-refractivity contribution in [3.63, 3.8) is 0 Å². The lowest BCUT2D eigenvalue weighted by Crippen LogP contribution is -2.14. The van der Waals surface area contributed by atoms with Crippen LogP contribution in [0.5, 0.6) is 11.5 Å². The second-order valence-electron chi connectivity index (χ2n) is 5.48. The number of fused-ring (bicyclic) bond motifs is 2. The molecule has 0 amide bonds. The van der Waals surface area contributed by atoms with Crippen molar-refractivity contribution in [2.75, 3.05) is 13.2 Å². The summed E-state index contributed by atoms with van der Waals surface area (Å²) in [6, 6.07) is 3.88. The molecule has 0 aromatic heterocycles. The van der Waals surface area contributed by atoms with E-state index in [2.05, 4.69) is 13.8 Å². The Morgan fingerprint density at radius 3 is 2.50 bits per heavy atom. The summed E-state index contributed by atoms with van der Waals surface area (Å²) >= 11 is 0. The molecule has 3 nitrogen and oxygen atoms in total. The van der Waals surface area contributed by atoms with Crippen molar-refractivity contribution in [1.29, 1.82) is 0 Å². The van der Waals surface area contributed by atoms with E-state index < -0.39 is 0 Å². The van der Waals surface area contributed by atoms with Crippen molar-refractivity contribution in [3.8, 4) is 11.5 Å². The third-order valence-electron chi connectivity index (χ3n) is 3.80. The molecule has 1 aromatic rings. The fourth-order valence-corrected chi connectivity index (χ4v) is 2.60. The third kappa shape index (κ3) is 1.88. The predicted octanol–water partition coefficient (Wildman–Crippen LogP) is 3.17. The van der Waals surface area contributed by atoms with Crippen molar-refractivity contribution in [2.24, 2.45) is 5.92 Å². The van der Waals surface area contributed by atoms with E-state index in [0.29, 0.717) is 31.5 Å². The molecule has 1 heterocycles. The average Bonchev–Trinajstić information content (AvgIpc) is 2.55. The molecule has 18 heavy (non-hydrogen) atoms. The SMILES string of the molecule is CC1COc2cc3c(cc2OC1)C(C)CCC3=O. The van der Waals surface area contributed by atoms with Crippen LogP contribution in [0.3, 0.4) is 0 Å². The largest absolute Gasteiger partial charge is 0.489 e. The van der Waals surface area contributed by atoms with Crippen LogP contribution in [0.25, 0.3) is 0 Å². The Morgan fingerprint density at radius 1 is 1.11 bits per heavy atom. The first kappa shape index (κ1) is 11.6. The summed E-state index contributed by atoms with van der Waals surface area (Å²) in [5.41, 5.74) is 1.94. The first-order valence-electron chi connectivity index (χ1n) is 6.62.